The zero-order valence-corrected chi connectivity index (χ0v) is 12.2. The first kappa shape index (κ1) is 14.4. The van der Waals surface area contributed by atoms with Crippen molar-refractivity contribution in [1.82, 2.24) is 9.71 Å². The van der Waals surface area contributed by atoms with E-state index in [9.17, 15) is 8.42 Å². The third kappa shape index (κ3) is 3.13. The highest BCUT2D eigenvalue weighted by Gasteiger charge is 2.33. The Morgan fingerprint density at radius 3 is 2.58 bits per heavy atom. The standard InChI is InChI=1S/C13H21N3O2S/c1-9-3-5-12(10(9)2)16-19(17,18)13-6-4-11(7-14)8-15-13/h4,6,8-10,12,16H,3,5,7,14H2,1-2H3. The highest BCUT2D eigenvalue weighted by molar-refractivity contribution is 7.89. The van der Waals surface area contributed by atoms with Gasteiger partial charge in [0.15, 0.2) is 5.03 Å². The van der Waals surface area contributed by atoms with Crippen molar-refractivity contribution in [3.05, 3.63) is 23.9 Å². The van der Waals surface area contributed by atoms with Crippen LogP contribution in [-0.4, -0.2) is 19.4 Å². The minimum Gasteiger partial charge on any atom is -0.326 e. The molecule has 3 atom stereocenters. The highest BCUT2D eigenvalue weighted by Crippen LogP contribution is 2.31. The lowest BCUT2D eigenvalue weighted by atomic mass is 9.98. The van der Waals surface area contributed by atoms with E-state index in [-0.39, 0.29) is 11.1 Å². The predicted molar refractivity (Wildman–Crippen MR) is 73.8 cm³/mol. The Hall–Kier alpha value is -0.980. The van der Waals surface area contributed by atoms with Gasteiger partial charge >= 0.3 is 0 Å². The van der Waals surface area contributed by atoms with Crippen molar-refractivity contribution in [1.29, 1.82) is 0 Å². The molecule has 1 aliphatic carbocycles. The lowest BCUT2D eigenvalue weighted by Gasteiger charge is -2.19. The van der Waals surface area contributed by atoms with Crippen LogP contribution in [0.4, 0.5) is 0 Å². The van der Waals surface area contributed by atoms with Crippen LogP contribution in [0.15, 0.2) is 23.4 Å². The van der Waals surface area contributed by atoms with E-state index in [4.69, 9.17) is 5.73 Å². The Kier molecular flexibility index (Phi) is 4.23. The van der Waals surface area contributed by atoms with Gasteiger partial charge in [0.25, 0.3) is 10.0 Å². The van der Waals surface area contributed by atoms with Crippen molar-refractivity contribution >= 4 is 10.0 Å². The number of hydrogen-bond donors (Lipinski definition) is 2. The highest BCUT2D eigenvalue weighted by atomic mass is 32.2. The third-order valence-corrected chi connectivity index (χ3v) is 5.49. The van der Waals surface area contributed by atoms with Crippen molar-refractivity contribution in [3.8, 4) is 0 Å². The van der Waals surface area contributed by atoms with Crippen LogP contribution in [-0.2, 0) is 16.6 Å². The molecule has 0 bridgehead atoms. The Bertz CT molecular complexity index is 527. The number of sulfonamides is 1. The minimum absolute atomic E-state index is 0.0102. The Balaban J connectivity index is 2.13. The van der Waals surface area contributed by atoms with Gasteiger partial charge in [-0.05, 0) is 36.3 Å². The molecule has 1 aromatic heterocycles. The van der Waals surface area contributed by atoms with Crippen molar-refractivity contribution < 1.29 is 8.42 Å². The van der Waals surface area contributed by atoms with Gasteiger partial charge in [-0.25, -0.2) is 18.1 Å². The van der Waals surface area contributed by atoms with Crippen molar-refractivity contribution in [2.45, 2.75) is 44.3 Å². The number of aromatic nitrogens is 1. The number of hydrogen-bond acceptors (Lipinski definition) is 4. The molecule has 2 rings (SSSR count). The van der Waals surface area contributed by atoms with Crippen LogP contribution in [0.2, 0.25) is 0 Å². The molecule has 0 spiro atoms. The second-order valence-corrected chi connectivity index (χ2v) is 7.01. The van der Waals surface area contributed by atoms with Crippen LogP contribution < -0.4 is 10.5 Å². The fourth-order valence-corrected chi connectivity index (χ4v) is 3.77. The quantitative estimate of drug-likeness (QED) is 0.871. The molecule has 5 nitrogen and oxygen atoms in total. The minimum atomic E-state index is -3.53. The molecule has 3 N–H and O–H groups in total. The van der Waals surface area contributed by atoms with E-state index in [1.54, 1.807) is 6.07 Å². The monoisotopic (exact) mass is 283 g/mol. The van der Waals surface area contributed by atoms with E-state index in [2.05, 4.69) is 23.6 Å². The second-order valence-electron chi connectivity index (χ2n) is 5.35. The van der Waals surface area contributed by atoms with E-state index < -0.39 is 10.0 Å². The largest absolute Gasteiger partial charge is 0.326 e. The number of rotatable bonds is 4. The van der Waals surface area contributed by atoms with Gasteiger partial charge < -0.3 is 5.73 Å². The van der Waals surface area contributed by atoms with Crippen molar-refractivity contribution in [2.24, 2.45) is 17.6 Å². The zero-order chi connectivity index (χ0) is 14.0. The molecule has 3 unspecified atom stereocenters. The molecule has 1 aromatic rings. The van der Waals surface area contributed by atoms with E-state index in [1.165, 1.54) is 12.3 Å². The fourth-order valence-electron chi connectivity index (χ4n) is 2.48. The van der Waals surface area contributed by atoms with E-state index in [0.29, 0.717) is 18.4 Å². The van der Waals surface area contributed by atoms with Gasteiger partial charge in [-0.1, -0.05) is 19.9 Å². The van der Waals surface area contributed by atoms with E-state index >= 15 is 0 Å². The first-order valence-corrected chi connectivity index (χ1v) is 8.09. The molecule has 0 aromatic carbocycles. The fraction of sp³-hybridized carbons (Fsp3) is 0.615. The van der Waals surface area contributed by atoms with Crippen molar-refractivity contribution in [3.63, 3.8) is 0 Å². The Morgan fingerprint density at radius 2 is 2.11 bits per heavy atom. The Labute approximate surface area is 114 Å². The first-order valence-electron chi connectivity index (χ1n) is 6.61. The zero-order valence-electron chi connectivity index (χ0n) is 11.3. The molecule has 106 valence electrons. The topological polar surface area (TPSA) is 85.1 Å². The maximum Gasteiger partial charge on any atom is 0.258 e. The summed E-state index contributed by atoms with van der Waals surface area (Å²) in [5.41, 5.74) is 6.29. The molecule has 1 fully saturated rings. The lowest BCUT2D eigenvalue weighted by Crippen LogP contribution is -2.37. The molecular weight excluding hydrogens is 262 g/mol. The third-order valence-electron chi connectivity index (χ3n) is 4.08. The van der Waals surface area contributed by atoms with Crippen LogP contribution in [0, 0.1) is 11.8 Å². The van der Waals surface area contributed by atoms with Gasteiger partial charge in [0.05, 0.1) is 0 Å². The summed E-state index contributed by atoms with van der Waals surface area (Å²) in [5.74, 6) is 0.915. The average Bonchev–Trinajstić information content (AvgIpc) is 2.70. The lowest BCUT2D eigenvalue weighted by molar-refractivity contribution is 0.402. The molecule has 0 saturated heterocycles. The van der Waals surface area contributed by atoms with Crippen molar-refractivity contribution in [2.75, 3.05) is 0 Å². The summed E-state index contributed by atoms with van der Waals surface area (Å²) in [5, 5.41) is 0.0662. The van der Waals surface area contributed by atoms with Gasteiger partial charge in [-0.3, -0.25) is 0 Å². The predicted octanol–water partition coefficient (Wildman–Crippen LogP) is 1.25. The summed E-state index contributed by atoms with van der Waals surface area (Å²) in [6.45, 7) is 4.61. The number of nitrogens with two attached hydrogens (primary N) is 1. The second kappa shape index (κ2) is 5.56. The maximum absolute atomic E-state index is 12.2. The number of nitrogens with zero attached hydrogens (tertiary/aromatic N) is 1. The molecule has 6 heteroatoms. The van der Waals surface area contributed by atoms with Gasteiger partial charge in [0.2, 0.25) is 0 Å². The van der Waals surface area contributed by atoms with Gasteiger partial charge in [-0.2, -0.15) is 0 Å². The summed E-state index contributed by atoms with van der Waals surface area (Å²) in [6, 6.07) is 3.21. The Morgan fingerprint density at radius 1 is 1.37 bits per heavy atom. The SMILES string of the molecule is CC1CCC(NS(=O)(=O)c2ccc(CN)cn2)C1C. The number of pyridine rings is 1. The number of nitrogens with one attached hydrogen (secondary N) is 1. The smallest absolute Gasteiger partial charge is 0.258 e. The normalized spacial score (nSPS) is 27.6. The summed E-state index contributed by atoms with van der Waals surface area (Å²) in [4.78, 5) is 3.98. The molecule has 19 heavy (non-hydrogen) atoms. The van der Waals surface area contributed by atoms with Crippen LogP contribution in [0.25, 0.3) is 0 Å². The van der Waals surface area contributed by atoms with Crippen LogP contribution >= 0.6 is 0 Å². The summed E-state index contributed by atoms with van der Waals surface area (Å²) in [7, 11) is -3.53. The summed E-state index contributed by atoms with van der Waals surface area (Å²) >= 11 is 0. The molecule has 0 aliphatic heterocycles. The van der Waals surface area contributed by atoms with Gasteiger partial charge in [0, 0.05) is 18.8 Å². The molecule has 1 aliphatic rings. The average molecular weight is 283 g/mol. The van der Waals surface area contributed by atoms with Crippen LogP contribution in [0.1, 0.15) is 32.3 Å². The van der Waals surface area contributed by atoms with E-state index in [0.717, 1.165) is 18.4 Å². The van der Waals surface area contributed by atoms with Gasteiger partial charge in [0.1, 0.15) is 0 Å². The van der Waals surface area contributed by atoms with Gasteiger partial charge in [-0.15, -0.1) is 0 Å². The first-order chi connectivity index (χ1) is 8.94. The molecular formula is C13H21N3O2S. The maximum atomic E-state index is 12.2. The van der Waals surface area contributed by atoms with Crippen LogP contribution in [0.5, 0.6) is 0 Å². The molecule has 1 saturated carbocycles. The summed E-state index contributed by atoms with van der Waals surface area (Å²) in [6.07, 6.45) is 3.46. The van der Waals surface area contributed by atoms with Crippen LogP contribution in [0.3, 0.4) is 0 Å². The molecule has 1 heterocycles. The van der Waals surface area contributed by atoms with E-state index in [1.807, 2.05) is 0 Å². The molecule has 0 amide bonds. The molecule has 0 radical (unpaired) electrons. The summed E-state index contributed by atoms with van der Waals surface area (Å²) < 4.78 is 27.2.